The molecule has 0 atom stereocenters. The maximum absolute atomic E-state index is 4.70. The van der Waals surface area contributed by atoms with Gasteiger partial charge in [-0.1, -0.05) is 6.07 Å². The molecule has 0 aliphatic carbocycles. The zero-order valence-electron chi connectivity index (χ0n) is 13.1. The molecule has 1 N–H and O–H groups in total. The van der Waals surface area contributed by atoms with Crippen molar-refractivity contribution in [3.05, 3.63) is 47.0 Å². The molecule has 2 aromatic rings. The Morgan fingerprint density at radius 3 is 2.45 bits per heavy atom. The van der Waals surface area contributed by atoms with Gasteiger partial charge in [0, 0.05) is 17.8 Å². The van der Waals surface area contributed by atoms with Gasteiger partial charge < -0.3 is 5.32 Å². The van der Waals surface area contributed by atoms with Crippen LogP contribution in [-0.2, 0) is 13.1 Å². The Morgan fingerprint density at radius 1 is 1.15 bits per heavy atom. The van der Waals surface area contributed by atoms with Gasteiger partial charge in [0.05, 0.1) is 23.6 Å². The van der Waals surface area contributed by atoms with Gasteiger partial charge in [-0.3, -0.25) is 9.67 Å². The van der Waals surface area contributed by atoms with Crippen molar-refractivity contribution in [2.75, 3.05) is 0 Å². The van der Waals surface area contributed by atoms with E-state index in [4.69, 9.17) is 4.98 Å². The molecule has 0 spiro atoms. The van der Waals surface area contributed by atoms with E-state index < -0.39 is 0 Å². The van der Waals surface area contributed by atoms with Gasteiger partial charge in [0.25, 0.3) is 0 Å². The standard InChI is InChI=1S/C16H24N4/c1-12-9-13(2)20(19-12)11-15-8-6-7-14(18-15)10-17-16(3,4)5/h6-9,17H,10-11H2,1-5H3. The lowest BCUT2D eigenvalue weighted by atomic mass is 10.1. The minimum Gasteiger partial charge on any atom is -0.306 e. The molecule has 108 valence electrons. The molecule has 0 radical (unpaired) electrons. The van der Waals surface area contributed by atoms with Crippen molar-refractivity contribution in [1.82, 2.24) is 20.1 Å². The third-order valence-corrected chi connectivity index (χ3v) is 3.08. The summed E-state index contributed by atoms with van der Waals surface area (Å²) in [6.45, 7) is 12.1. The van der Waals surface area contributed by atoms with Crippen molar-refractivity contribution in [1.29, 1.82) is 0 Å². The van der Waals surface area contributed by atoms with E-state index >= 15 is 0 Å². The number of nitrogens with one attached hydrogen (secondary N) is 1. The lowest BCUT2D eigenvalue weighted by molar-refractivity contribution is 0.421. The Kier molecular flexibility index (Phi) is 4.23. The van der Waals surface area contributed by atoms with Crippen LogP contribution in [0.25, 0.3) is 0 Å². The molecule has 0 aliphatic rings. The van der Waals surface area contributed by atoms with Crippen LogP contribution in [0.4, 0.5) is 0 Å². The maximum atomic E-state index is 4.70. The van der Waals surface area contributed by atoms with Crippen LogP contribution in [0.3, 0.4) is 0 Å². The zero-order chi connectivity index (χ0) is 14.8. The van der Waals surface area contributed by atoms with E-state index in [0.29, 0.717) is 0 Å². The third-order valence-electron chi connectivity index (χ3n) is 3.08. The predicted octanol–water partition coefficient (Wildman–Crippen LogP) is 2.83. The van der Waals surface area contributed by atoms with Crippen molar-refractivity contribution >= 4 is 0 Å². The predicted molar refractivity (Wildman–Crippen MR) is 81.6 cm³/mol. The number of pyridine rings is 1. The molecule has 0 fully saturated rings. The van der Waals surface area contributed by atoms with E-state index in [1.54, 1.807) is 0 Å². The SMILES string of the molecule is Cc1cc(C)n(Cc2cccc(CNC(C)(C)C)n2)n1. The highest BCUT2D eigenvalue weighted by Crippen LogP contribution is 2.08. The second kappa shape index (κ2) is 5.75. The summed E-state index contributed by atoms with van der Waals surface area (Å²) >= 11 is 0. The summed E-state index contributed by atoms with van der Waals surface area (Å²) in [6.07, 6.45) is 0. The molecule has 2 aromatic heterocycles. The normalized spacial score (nSPS) is 11.8. The van der Waals surface area contributed by atoms with Crippen LogP contribution >= 0.6 is 0 Å². The van der Waals surface area contributed by atoms with Crippen LogP contribution in [0.2, 0.25) is 0 Å². The minimum atomic E-state index is 0.105. The molecule has 0 unspecified atom stereocenters. The summed E-state index contributed by atoms with van der Waals surface area (Å²) in [5.74, 6) is 0. The minimum absolute atomic E-state index is 0.105. The first-order chi connectivity index (χ1) is 9.33. The van der Waals surface area contributed by atoms with Gasteiger partial charge in [0.15, 0.2) is 0 Å². The molecule has 2 heterocycles. The molecule has 4 nitrogen and oxygen atoms in total. The number of aromatic nitrogens is 3. The molecule has 0 bridgehead atoms. The summed E-state index contributed by atoms with van der Waals surface area (Å²) < 4.78 is 2.00. The zero-order valence-corrected chi connectivity index (χ0v) is 13.1. The quantitative estimate of drug-likeness (QED) is 0.930. The summed E-state index contributed by atoms with van der Waals surface area (Å²) in [4.78, 5) is 4.70. The fourth-order valence-electron chi connectivity index (χ4n) is 2.06. The number of hydrogen-bond donors (Lipinski definition) is 1. The highest BCUT2D eigenvalue weighted by Gasteiger charge is 2.09. The largest absolute Gasteiger partial charge is 0.306 e. The fraction of sp³-hybridized carbons (Fsp3) is 0.500. The van der Waals surface area contributed by atoms with Crippen LogP contribution in [0.5, 0.6) is 0 Å². The summed E-state index contributed by atoms with van der Waals surface area (Å²) in [5.41, 5.74) is 4.44. The Hall–Kier alpha value is -1.68. The fourth-order valence-corrected chi connectivity index (χ4v) is 2.06. The van der Waals surface area contributed by atoms with Crippen LogP contribution in [-0.4, -0.2) is 20.3 Å². The molecule has 0 saturated carbocycles. The average molecular weight is 272 g/mol. The average Bonchev–Trinajstić information content (AvgIpc) is 2.65. The lowest BCUT2D eigenvalue weighted by Gasteiger charge is -2.20. The molecular weight excluding hydrogens is 248 g/mol. The summed E-state index contributed by atoms with van der Waals surface area (Å²) in [6, 6.07) is 8.26. The van der Waals surface area contributed by atoms with Crippen molar-refractivity contribution in [3.63, 3.8) is 0 Å². The number of rotatable bonds is 4. The Morgan fingerprint density at radius 2 is 1.85 bits per heavy atom. The number of hydrogen-bond acceptors (Lipinski definition) is 3. The summed E-state index contributed by atoms with van der Waals surface area (Å²) in [7, 11) is 0. The van der Waals surface area contributed by atoms with Gasteiger partial charge in [-0.15, -0.1) is 0 Å². The topological polar surface area (TPSA) is 42.7 Å². The van der Waals surface area contributed by atoms with Gasteiger partial charge in [0.1, 0.15) is 0 Å². The van der Waals surface area contributed by atoms with E-state index in [-0.39, 0.29) is 5.54 Å². The van der Waals surface area contributed by atoms with E-state index in [2.05, 4.69) is 62.4 Å². The summed E-state index contributed by atoms with van der Waals surface area (Å²) in [5, 5.41) is 7.94. The van der Waals surface area contributed by atoms with E-state index in [1.807, 2.05) is 11.6 Å². The molecular formula is C16H24N4. The Bertz CT molecular complexity index is 578. The molecule has 4 heteroatoms. The van der Waals surface area contributed by atoms with Gasteiger partial charge in [-0.25, -0.2) is 0 Å². The van der Waals surface area contributed by atoms with Gasteiger partial charge in [0.2, 0.25) is 0 Å². The van der Waals surface area contributed by atoms with Crippen molar-refractivity contribution < 1.29 is 0 Å². The van der Waals surface area contributed by atoms with E-state index in [1.165, 1.54) is 5.69 Å². The Labute approximate surface area is 121 Å². The number of nitrogens with zero attached hydrogens (tertiary/aromatic N) is 3. The highest BCUT2D eigenvalue weighted by atomic mass is 15.3. The first kappa shape index (κ1) is 14.7. The molecule has 2 rings (SSSR count). The smallest absolute Gasteiger partial charge is 0.0834 e. The van der Waals surface area contributed by atoms with Crippen molar-refractivity contribution in [2.24, 2.45) is 0 Å². The molecule has 0 aromatic carbocycles. The molecule has 20 heavy (non-hydrogen) atoms. The van der Waals surface area contributed by atoms with Crippen molar-refractivity contribution in [3.8, 4) is 0 Å². The molecule has 0 aliphatic heterocycles. The molecule has 0 saturated heterocycles. The van der Waals surface area contributed by atoms with Crippen LogP contribution in [0, 0.1) is 13.8 Å². The van der Waals surface area contributed by atoms with E-state index in [0.717, 1.165) is 30.2 Å². The maximum Gasteiger partial charge on any atom is 0.0834 e. The first-order valence-corrected chi connectivity index (χ1v) is 7.04. The first-order valence-electron chi connectivity index (χ1n) is 7.04. The highest BCUT2D eigenvalue weighted by molar-refractivity contribution is 5.14. The van der Waals surface area contributed by atoms with E-state index in [9.17, 15) is 0 Å². The third kappa shape index (κ3) is 4.17. The van der Waals surface area contributed by atoms with Crippen LogP contribution in [0.1, 0.15) is 43.5 Å². The molecule has 0 amide bonds. The van der Waals surface area contributed by atoms with Crippen molar-refractivity contribution in [2.45, 2.75) is 53.2 Å². The van der Waals surface area contributed by atoms with Gasteiger partial charge in [-0.05, 0) is 52.8 Å². The monoisotopic (exact) mass is 272 g/mol. The number of aryl methyl sites for hydroxylation is 2. The van der Waals surface area contributed by atoms with Gasteiger partial charge in [-0.2, -0.15) is 5.10 Å². The lowest BCUT2D eigenvalue weighted by Crippen LogP contribution is -2.35. The van der Waals surface area contributed by atoms with Gasteiger partial charge >= 0.3 is 0 Å². The van der Waals surface area contributed by atoms with Crippen LogP contribution in [0.15, 0.2) is 24.3 Å². The Balaban J connectivity index is 2.08. The van der Waals surface area contributed by atoms with Crippen LogP contribution < -0.4 is 5.32 Å². The second-order valence-electron chi connectivity index (χ2n) is 6.31. The second-order valence-corrected chi connectivity index (χ2v) is 6.31.